The minimum Gasteiger partial charge on any atom is -0.406 e. The van der Waals surface area contributed by atoms with E-state index in [-0.39, 0.29) is 17.3 Å². The molecule has 1 rings (SSSR count). The first-order valence-electron chi connectivity index (χ1n) is 4.87. The molecule has 1 N–H and O–H groups in total. The second-order valence-electron chi connectivity index (χ2n) is 3.66. The van der Waals surface area contributed by atoms with Gasteiger partial charge in [-0.25, -0.2) is 0 Å². The maximum absolute atomic E-state index is 11.5. The number of nitrogens with zero attached hydrogens (tertiary/aromatic N) is 3. The smallest absolute Gasteiger partial charge is 0.316 e. The van der Waals surface area contributed by atoms with Gasteiger partial charge in [0, 0.05) is 14.1 Å². The van der Waals surface area contributed by atoms with E-state index in [0.717, 1.165) is 0 Å². The molecule has 0 fully saturated rings. The minimum atomic E-state index is -0.422. The van der Waals surface area contributed by atoms with Crippen LogP contribution in [0.25, 0.3) is 0 Å². The zero-order valence-corrected chi connectivity index (χ0v) is 10.4. The van der Waals surface area contributed by atoms with Crippen LogP contribution < -0.4 is 5.32 Å². The Kier molecular flexibility index (Phi) is 4.12. The summed E-state index contributed by atoms with van der Waals surface area (Å²) in [5.74, 6) is 0.257. The van der Waals surface area contributed by atoms with Crippen molar-refractivity contribution < 1.29 is 9.21 Å². The molecule has 2 atom stereocenters. The second kappa shape index (κ2) is 5.16. The second-order valence-corrected chi connectivity index (χ2v) is 4.31. The predicted molar refractivity (Wildman–Crippen MR) is 60.3 cm³/mol. The molecule has 16 heavy (non-hydrogen) atoms. The number of carbonyl (C=O) groups excluding carboxylic acids is 1. The third kappa shape index (κ3) is 3.10. The van der Waals surface area contributed by atoms with Crippen LogP contribution in [0.3, 0.4) is 0 Å². The lowest BCUT2D eigenvalue weighted by atomic mass is 10.3. The van der Waals surface area contributed by atoms with Crippen LogP contribution in [-0.2, 0) is 4.79 Å². The molecular weight excluding hydrogens is 232 g/mol. The number of carbonyl (C=O) groups is 1. The fourth-order valence-electron chi connectivity index (χ4n) is 1.09. The van der Waals surface area contributed by atoms with E-state index in [9.17, 15) is 4.79 Å². The van der Waals surface area contributed by atoms with Gasteiger partial charge in [-0.3, -0.25) is 4.79 Å². The van der Waals surface area contributed by atoms with E-state index in [0.29, 0.717) is 5.89 Å². The molecule has 0 aliphatic carbocycles. The number of aromatic nitrogens is 2. The van der Waals surface area contributed by atoms with E-state index in [1.165, 1.54) is 4.90 Å². The highest BCUT2D eigenvalue weighted by Gasteiger charge is 2.18. The molecule has 1 aromatic heterocycles. The highest BCUT2D eigenvalue weighted by Crippen LogP contribution is 2.19. The van der Waals surface area contributed by atoms with Crippen molar-refractivity contribution in [3.05, 3.63) is 5.89 Å². The molecule has 1 aromatic rings. The molecule has 1 amide bonds. The van der Waals surface area contributed by atoms with Crippen molar-refractivity contribution in [2.75, 3.05) is 19.4 Å². The Labute approximate surface area is 99.0 Å². The van der Waals surface area contributed by atoms with Gasteiger partial charge >= 0.3 is 6.01 Å². The third-order valence-electron chi connectivity index (χ3n) is 1.93. The highest BCUT2D eigenvalue weighted by atomic mass is 35.5. The standard InChI is InChI=1S/C9H15ClN4O2/c1-5(10)7-12-13-9(16-7)11-6(2)8(15)14(3)4/h5-6H,1-4H3,(H,11,13). The molecule has 7 heteroatoms. The maximum Gasteiger partial charge on any atom is 0.316 e. The van der Waals surface area contributed by atoms with Crippen molar-refractivity contribution in [1.29, 1.82) is 0 Å². The van der Waals surface area contributed by atoms with Gasteiger partial charge in [-0.1, -0.05) is 5.10 Å². The summed E-state index contributed by atoms with van der Waals surface area (Å²) in [6.45, 7) is 3.45. The van der Waals surface area contributed by atoms with Crippen LogP contribution in [0.5, 0.6) is 0 Å². The van der Waals surface area contributed by atoms with Crippen LogP contribution in [-0.4, -0.2) is 41.1 Å². The number of hydrogen-bond donors (Lipinski definition) is 1. The number of anilines is 1. The summed E-state index contributed by atoms with van der Waals surface area (Å²) in [7, 11) is 3.36. The first-order chi connectivity index (χ1) is 7.41. The quantitative estimate of drug-likeness (QED) is 0.810. The Morgan fingerprint density at radius 2 is 2.06 bits per heavy atom. The van der Waals surface area contributed by atoms with E-state index in [4.69, 9.17) is 16.0 Å². The molecule has 0 saturated carbocycles. The molecule has 6 nitrogen and oxygen atoms in total. The zero-order valence-electron chi connectivity index (χ0n) is 9.69. The number of halogens is 1. The molecular formula is C9H15ClN4O2. The van der Waals surface area contributed by atoms with Gasteiger partial charge < -0.3 is 14.6 Å². The average molecular weight is 247 g/mol. The minimum absolute atomic E-state index is 0.0707. The van der Waals surface area contributed by atoms with Crippen molar-refractivity contribution in [1.82, 2.24) is 15.1 Å². The van der Waals surface area contributed by atoms with Crippen LogP contribution in [0.2, 0.25) is 0 Å². The van der Waals surface area contributed by atoms with Crippen molar-refractivity contribution in [3.63, 3.8) is 0 Å². The summed E-state index contributed by atoms with van der Waals surface area (Å²) >= 11 is 5.77. The van der Waals surface area contributed by atoms with Gasteiger partial charge in [-0.2, -0.15) is 0 Å². The number of rotatable bonds is 4. The normalized spacial score (nSPS) is 14.3. The summed E-state index contributed by atoms with van der Waals surface area (Å²) in [5.41, 5.74) is 0. The molecule has 0 aliphatic heterocycles. The number of alkyl halides is 1. The Balaban J connectivity index is 2.63. The van der Waals surface area contributed by atoms with Crippen LogP contribution >= 0.6 is 11.6 Å². The predicted octanol–water partition coefficient (Wildman–Crippen LogP) is 1.26. The van der Waals surface area contributed by atoms with Gasteiger partial charge in [-0.05, 0) is 13.8 Å². The SMILES string of the molecule is CC(Nc1nnc(C(C)Cl)o1)C(=O)N(C)C. The van der Waals surface area contributed by atoms with Crippen LogP contribution in [0.1, 0.15) is 25.1 Å². The summed E-state index contributed by atoms with van der Waals surface area (Å²) in [5, 5.41) is 9.94. The van der Waals surface area contributed by atoms with Gasteiger partial charge in [0.1, 0.15) is 11.4 Å². The number of nitrogens with one attached hydrogen (secondary N) is 1. The maximum atomic E-state index is 11.5. The number of amides is 1. The lowest BCUT2D eigenvalue weighted by molar-refractivity contribution is -0.129. The summed E-state index contributed by atoms with van der Waals surface area (Å²) < 4.78 is 5.21. The largest absolute Gasteiger partial charge is 0.406 e. The number of hydrogen-bond acceptors (Lipinski definition) is 5. The lowest BCUT2D eigenvalue weighted by Crippen LogP contribution is -2.36. The van der Waals surface area contributed by atoms with Crippen molar-refractivity contribution in [2.45, 2.75) is 25.3 Å². The zero-order chi connectivity index (χ0) is 12.3. The lowest BCUT2D eigenvalue weighted by Gasteiger charge is -2.16. The monoisotopic (exact) mass is 246 g/mol. The van der Waals surface area contributed by atoms with Crippen LogP contribution in [0, 0.1) is 0 Å². The molecule has 0 saturated heterocycles. The first-order valence-corrected chi connectivity index (χ1v) is 5.30. The average Bonchev–Trinajstić information content (AvgIpc) is 2.64. The molecule has 0 aliphatic rings. The molecule has 0 bridgehead atoms. The molecule has 0 aromatic carbocycles. The topological polar surface area (TPSA) is 71.3 Å². The van der Waals surface area contributed by atoms with E-state index in [1.54, 1.807) is 27.9 Å². The Bertz CT molecular complexity index is 364. The van der Waals surface area contributed by atoms with E-state index < -0.39 is 6.04 Å². The molecule has 0 radical (unpaired) electrons. The van der Waals surface area contributed by atoms with E-state index in [2.05, 4.69) is 15.5 Å². The Morgan fingerprint density at radius 3 is 2.50 bits per heavy atom. The van der Waals surface area contributed by atoms with Crippen molar-refractivity contribution >= 4 is 23.5 Å². The Morgan fingerprint density at radius 1 is 1.44 bits per heavy atom. The van der Waals surface area contributed by atoms with Crippen LogP contribution in [0.4, 0.5) is 6.01 Å². The molecule has 0 spiro atoms. The molecule has 90 valence electrons. The third-order valence-corrected chi connectivity index (χ3v) is 2.12. The summed E-state index contributed by atoms with van der Waals surface area (Å²) in [6, 6.07) is -0.223. The van der Waals surface area contributed by atoms with Gasteiger partial charge in [0.15, 0.2) is 0 Å². The summed E-state index contributed by atoms with van der Waals surface area (Å²) in [4.78, 5) is 13.0. The van der Waals surface area contributed by atoms with Crippen LogP contribution in [0.15, 0.2) is 4.42 Å². The van der Waals surface area contributed by atoms with Gasteiger partial charge in [-0.15, -0.1) is 16.7 Å². The first kappa shape index (κ1) is 12.8. The van der Waals surface area contributed by atoms with Crippen molar-refractivity contribution in [2.24, 2.45) is 0 Å². The van der Waals surface area contributed by atoms with Gasteiger partial charge in [0.25, 0.3) is 0 Å². The highest BCUT2D eigenvalue weighted by molar-refractivity contribution is 6.20. The molecule has 2 unspecified atom stereocenters. The van der Waals surface area contributed by atoms with Crippen molar-refractivity contribution in [3.8, 4) is 0 Å². The molecule has 1 heterocycles. The van der Waals surface area contributed by atoms with Gasteiger partial charge in [0.05, 0.1) is 0 Å². The fraction of sp³-hybridized carbons (Fsp3) is 0.667. The Hall–Kier alpha value is -1.30. The van der Waals surface area contributed by atoms with Gasteiger partial charge in [0.2, 0.25) is 11.8 Å². The van der Waals surface area contributed by atoms with E-state index >= 15 is 0 Å². The number of likely N-dealkylation sites (N-methyl/N-ethyl adjacent to an activating group) is 1. The fourth-order valence-corrected chi connectivity index (χ4v) is 1.18. The van der Waals surface area contributed by atoms with E-state index in [1.807, 2.05) is 0 Å². The summed E-state index contributed by atoms with van der Waals surface area (Å²) in [6.07, 6.45) is 0.